The van der Waals surface area contributed by atoms with Crippen LogP contribution >= 0.6 is 0 Å². The van der Waals surface area contributed by atoms with Crippen LogP contribution < -0.4 is 5.32 Å². The minimum Gasteiger partial charge on any atom is -0.319 e. The second-order valence-corrected chi connectivity index (χ2v) is 6.18. The van der Waals surface area contributed by atoms with Gasteiger partial charge in [0.25, 0.3) is 0 Å². The van der Waals surface area contributed by atoms with Crippen molar-refractivity contribution in [1.82, 2.24) is 5.32 Å². The number of benzene rings is 1. The lowest BCUT2D eigenvalue weighted by atomic mass is 9.88. The maximum atomic E-state index is 3.31. The molecule has 0 heterocycles. The van der Waals surface area contributed by atoms with Crippen molar-refractivity contribution in [3.05, 3.63) is 35.4 Å². The van der Waals surface area contributed by atoms with Gasteiger partial charge in [-0.25, -0.2) is 0 Å². The fourth-order valence-electron chi connectivity index (χ4n) is 2.39. The van der Waals surface area contributed by atoms with Crippen LogP contribution in [0.15, 0.2) is 24.3 Å². The second kappa shape index (κ2) is 7.58. The van der Waals surface area contributed by atoms with Gasteiger partial charge in [-0.2, -0.15) is 0 Å². The Hall–Kier alpha value is -0.820. The summed E-state index contributed by atoms with van der Waals surface area (Å²) in [6.07, 6.45) is 2.37. The molecule has 0 amide bonds. The molecule has 0 saturated heterocycles. The van der Waals surface area contributed by atoms with E-state index in [1.165, 1.54) is 24.0 Å². The fraction of sp³-hybridized carbons (Fsp3) is 0.647. The average Bonchev–Trinajstić information content (AvgIpc) is 2.30. The maximum Gasteiger partial charge on any atom is -0.00179 e. The minimum absolute atomic E-state index is 0.728. The smallest absolute Gasteiger partial charge is 0.00179 e. The molecule has 0 fully saturated rings. The summed E-state index contributed by atoms with van der Waals surface area (Å²) in [6, 6.07) is 9.21. The second-order valence-electron chi connectivity index (χ2n) is 6.18. The average molecular weight is 247 g/mol. The van der Waals surface area contributed by atoms with E-state index in [1.807, 2.05) is 7.05 Å². The topological polar surface area (TPSA) is 12.0 Å². The molecule has 1 aromatic carbocycles. The van der Waals surface area contributed by atoms with Crippen LogP contribution in [0.4, 0.5) is 0 Å². The van der Waals surface area contributed by atoms with E-state index >= 15 is 0 Å². The lowest BCUT2D eigenvalue weighted by molar-refractivity contribution is 0.370. The molecule has 1 heteroatoms. The Balaban J connectivity index is 2.61. The molecule has 0 aromatic heterocycles. The summed E-state index contributed by atoms with van der Waals surface area (Å²) < 4.78 is 0. The Morgan fingerprint density at radius 2 is 1.39 bits per heavy atom. The molecule has 1 rings (SSSR count). The molecular weight excluding hydrogens is 218 g/mol. The Morgan fingerprint density at radius 1 is 0.889 bits per heavy atom. The van der Waals surface area contributed by atoms with E-state index in [1.54, 1.807) is 0 Å². The Morgan fingerprint density at radius 3 is 1.78 bits per heavy atom. The van der Waals surface area contributed by atoms with Crippen LogP contribution in [0, 0.1) is 17.8 Å². The first-order valence-corrected chi connectivity index (χ1v) is 7.25. The third kappa shape index (κ3) is 5.22. The standard InChI is InChI=1S/C17H29N/c1-13(2)10-15-6-8-16(9-7-15)11-17(12-18-5)14(3)4/h6-9,13-14,17-18H,10-12H2,1-5H3. The molecule has 1 nitrogen and oxygen atoms in total. The number of nitrogens with one attached hydrogen (secondary N) is 1. The molecule has 0 saturated carbocycles. The highest BCUT2D eigenvalue weighted by Gasteiger charge is 2.13. The van der Waals surface area contributed by atoms with Crippen molar-refractivity contribution in [3.63, 3.8) is 0 Å². The van der Waals surface area contributed by atoms with Crippen molar-refractivity contribution in [3.8, 4) is 0 Å². The largest absolute Gasteiger partial charge is 0.319 e. The van der Waals surface area contributed by atoms with Crippen molar-refractivity contribution in [2.45, 2.75) is 40.5 Å². The van der Waals surface area contributed by atoms with E-state index in [0.717, 1.165) is 24.3 Å². The first kappa shape index (κ1) is 15.2. The van der Waals surface area contributed by atoms with Crippen molar-refractivity contribution in [2.24, 2.45) is 17.8 Å². The molecule has 0 aliphatic carbocycles. The summed E-state index contributed by atoms with van der Waals surface area (Å²) in [5, 5.41) is 3.31. The van der Waals surface area contributed by atoms with E-state index < -0.39 is 0 Å². The Bertz CT molecular complexity index is 324. The first-order chi connectivity index (χ1) is 8.52. The number of hydrogen-bond donors (Lipinski definition) is 1. The van der Waals surface area contributed by atoms with Gasteiger partial charge in [0, 0.05) is 0 Å². The predicted molar refractivity (Wildman–Crippen MR) is 80.9 cm³/mol. The van der Waals surface area contributed by atoms with E-state index in [2.05, 4.69) is 57.3 Å². The van der Waals surface area contributed by atoms with Crippen LogP contribution in [0.3, 0.4) is 0 Å². The molecule has 0 spiro atoms. The number of rotatable bonds is 7. The summed E-state index contributed by atoms with van der Waals surface area (Å²) in [6.45, 7) is 10.3. The van der Waals surface area contributed by atoms with Gasteiger partial charge in [0.05, 0.1) is 0 Å². The third-order valence-electron chi connectivity index (χ3n) is 3.57. The van der Waals surface area contributed by atoms with E-state index in [0.29, 0.717) is 0 Å². The maximum absolute atomic E-state index is 3.31. The van der Waals surface area contributed by atoms with Crippen molar-refractivity contribution < 1.29 is 0 Å². The highest BCUT2D eigenvalue weighted by Crippen LogP contribution is 2.18. The molecular formula is C17H29N. The zero-order valence-corrected chi connectivity index (χ0v) is 12.7. The Kier molecular flexibility index (Phi) is 6.42. The van der Waals surface area contributed by atoms with Gasteiger partial charge in [-0.05, 0) is 55.3 Å². The molecule has 1 atom stereocenters. The lowest BCUT2D eigenvalue weighted by Crippen LogP contribution is -2.25. The van der Waals surface area contributed by atoms with Gasteiger partial charge in [-0.15, -0.1) is 0 Å². The number of hydrogen-bond acceptors (Lipinski definition) is 1. The summed E-state index contributed by atoms with van der Waals surface area (Å²) >= 11 is 0. The highest BCUT2D eigenvalue weighted by molar-refractivity contribution is 5.23. The van der Waals surface area contributed by atoms with Gasteiger partial charge in [-0.3, -0.25) is 0 Å². The van der Waals surface area contributed by atoms with Crippen molar-refractivity contribution in [1.29, 1.82) is 0 Å². The molecule has 0 aliphatic rings. The summed E-state index contributed by atoms with van der Waals surface area (Å²) in [7, 11) is 2.04. The van der Waals surface area contributed by atoms with E-state index in [4.69, 9.17) is 0 Å². The lowest BCUT2D eigenvalue weighted by Gasteiger charge is -2.20. The molecule has 0 bridgehead atoms. The third-order valence-corrected chi connectivity index (χ3v) is 3.57. The van der Waals surface area contributed by atoms with Crippen LogP contribution in [0.5, 0.6) is 0 Å². The summed E-state index contributed by atoms with van der Waals surface area (Å²) in [5.74, 6) is 2.20. The van der Waals surface area contributed by atoms with Crippen LogP contribution in [-0.4, -0.2) is 13.6 Å². The predicted octanol–water partition coefficient (Wildman–Crippen LogP) is 3.92. The molecule has 1 aromatic rings. The summed E-state index contributed by atoms with van der Waals surface area (Å²) in [4.78, 5) is 0. The van der Waals surface area contributed by atoms with Crippen LogP contribution in [0.1, 0.15) is 38.8 Å². The molecule has 1 unspecified atom stereocenters. The zero-order chi connectivity index (χ0) is 13.5. The van der Waals surface area contributed by atoms with Crippen LogP contribution in [0.25, 0.3) is 0 Å². The Labute approximate surface area is 113 Å². The van der Waals surface area contributed by atoms with Crippen molar-refractivity contribution >= 4 is 0 Å². The SMILES string of the molecule is CNCC(Cc1ccc(CC(C)C)cc1)C(C)C. The van der Waals surface area contributed by atoms with Gasteiger partial charge in [0.2, 0.25) is 0 Å². The monoisotopic (exact) mass is 247 g/mol. The van der Waals surface area contributed by atoms with Crippen molar-refractivity contribution in [2.75, 3.05) is 13.6 Å². The fourth-order valence-corrected chi connectivity index (χ4v) is 2.39. The van der Waals surface area contributed by atoms with Gasteiger partial charge in [0.15, 0.2) is 0 Å². The molecule has 1 N–H and O–H groups in total. The summed E-state index contributed by atoms with van der Waals surface area (Å²) in [5.41, 5.74) is 2.93. The van der Waals surface area contributed by atoms with Gasteiger partial charge in [0.1, 0.15) is 0 Å². The van der Waals surface area contributed by atoms with Gasteiger partial charge >= 0.3 is 0 Å². The minimum atomic E-state index is 0.728. The quantitative estimate of drug-likeness (QED) is 0.770. The van der Waals surface area contributed by atoms with Crippen LogP contribution in [-0.2, 0) is 12.8 Å². The normalized spacial score (nSPS) is 13.3. The van der Waals surface area contributed by atoms with E-state index in [9.17, 15) is 0 Å². The van der Waals surface area contributed by atoms with E-state index in [-0.39, 0.29) is 0 Å². The van der Waals surface area contributed by atoms with Gasteiger partial charge in [-0.1, -0.05) is 52.0 Å². The zero-order valence-electron chi connectivity index (χ0n) is 12.7. The molecule has 102 valence electrons. The molecule has 0 radical (unpaired) electrons. The molecule has 18 heavy (non-hydrogen) atoms. The first-order valence-electron chi connectivity index (χ1n) is 7.25. The van der Waals surface area contributed by atoms with Gasteiger partial charge < -0.3 is 5.32 Å². The van der Waals surface area contributed by atoms with Crippen LogP contribution in [0.2, 0.25) is 0 Å². The molecule has 0 aliphatic heterocycles. The highest BCUT2D eigenvalue weighted by atomic mass is 14.8.